The van der Waals surface area contributed by atoms with E-state index >= 15 is 0 Å². The second-order valence-corrected chi connectivity index (χ2v) is 1.77. The highest BCUT2D eigenvalue weighted by atomic mass is 16.3. The minimum atomic E-state index is -0.442. The first kappa shape index (κ1) is 7.19. The van der Waals surface area contributed by atoms with Crippen molar-refractivity contribution in [3.63, 3.8) is 0 Å². The molecule has 0 saturated heterocycles. The number of hydrogen-bond donors (Lipinski definition) is 1. The number of aliphatic hydroxyl groups is 1. The third kappa shape index (κ3) is 3.38. The van der Waals surface area contributed by atoms with Crippen LogP contribution in [0.1, 0.15) is 13.3 Å². The van der Waals surface area contributed by atoms with E-state index in [0.717, 1.165) is 0 Å². The molecule has 0 radical (unpaired) electrons. The molecule has 1 atom stereocenters. The van der Waals surface area contributed by atoms with Crippen LogP contribution in [0, 0.1) is 11.3 Å². The van der Waals surface area contributed by atoms with Gasteiger partial charge in [-0.25, -0.2) is 0 Å². The highest BCUT2D eigenvalue weighted by Crippen LogP contribution is 1.98. The summed E-state index contributed by atoms with van der Waals surface area (Å²) in [5, 5.41) is 16.8. The minimum Gasteiger partial charge on any atom is -0.393 e. The molecule has 0 amide bonds. The molecule has 44 valence electrons. The maximum atomic E-state index is 8.64. The zero-order valence-corrected chi connectivity index (χ0v) is 4.89. The molecule has 0 saturated carbocycles. The summed E-state index contributed by atoms with van der Waals surface area (Å²) < 4.78 is 0. The van der Waals surface area contributed by atoms with E-state index in [2.05, 4.69) is 6.58 Å². The van der Waals surface area contributed by atoms with Crippen molar-refractivity contribution in [3.8, 4) is 6.07 Å². The van der Waals surface area contributed by atoms with Gasteiger partial charge in [0.05, 0.1) is 12.2 Å². The van der Waals surface area contributed by atoms with Crippen LogP contribution in [0.25, 0.3) is 0 Å². The van der Waals surface area contributed by atoms with Crippen LogP contribution in [0.5, 0.6) is 0 Å². The lowest BCUT2D eigenvalue weighted by molar-refractivity contribution is 0.196. The third-order valence-electron chi connectivity index (χ3n) is 0.700. The normalized spacial score (nSPS) is 12.1. The first-order chi connectivity index (χ1) is 3.66. The molecule has 0 aromatic rings. The molecule has 0 fully saturated rings. The molecule has 0 heterocycles. The Morgan fingerprint density at radius 1 is 2.00 bits per heavy atom. The molecule has 0 aliphatic rings. The summed E-state index contributed by atoms with van der Waals surface area (Å²) in [5.41, 5.74) is 0.431. The molecule has 0 aliphatic heterocycles. The van der Waals surface area contributed by atoms with E-state index in [1.807, 2.05) is 6.07 Å². The van der Waals surface area contributed by atoms with Crippen molar-refractivity contribution >= 4 is 0 Å². The largest absolute Gasteiger partial charge is 0.393 e. The predicted molar refractivity (Wildman–Crippen MR) is 31.1 cm³/mol. The summed E-state index contributed by atoms with van der Waals surface area (Å²) in [7, 11) is 0. The second-order valence-electron chi connectivity index (χ2n) is 1.77. The van der Waals surface area contributed by atoms with Gasteiger partial charge in [-0.05, 0) is 6.92 Å². The van der Waals surface area contributed by atoms with Crippen LogP contribution in [0.4, 0.5) is 0 Å². The van der Waals surface area contributed by atoms with Crippen LogP contribution in [0.3, 0.4) is 0 Å². The van der Waals surface area contributed by atoms with Gasteiger partial charge in [-0.1, -0.05) is 6.58 Å². The highest BCUT2D eigenvalue weighted by molar-refractivity contribution is 5.15. The summed E-state index contributed by atoms with van der Waals surface area (Å²) >= 11 is 0. The summed E-state index contributed by atoms with van der Waals surface area (Å²) in [4.78, 5) is 0. The highest BCUT2D eigenvalue weighted by Gasteiger charge is 1.96. The summed E-state index contributed by atoms with van der Waals surface area (Å²) in [6.45, 7) is 5.02. The van der Waals surface area contributed by atoms with Crippen LogP contribution in [-0.4, -0.2) is 11.2 Å². The number of aliphatic hydroxyl groups excluding tert-OH is 1. The number of hydrogen-bond acceptors (Lipinski definition) is 2. The van der Waals surface area contributed by atoms with E-state index in [-0.39, 0.29) is 0 Å². The van der Waals surface area contributed by atoms with Crippen LogP contribution in [0.2, 0.25) is 0 Å². The Labute approximate surface area is 49.1 Å². The molecule has 1 N–H and O–H groups in total. The first-order valence-electron chi connectivity index (χ1n) is 2.42. The molecule has 2 nitrogen and oxygen atoms in total. The zero-order chi connectivity index (χ0) is 6.57. The fourth-order valence-corrected chi connectivity index (χ4v) is 0.402. The van der Waals surface area contributed by atoms with Gasteiger partial charge in [0.2, 0.25) is 0 Å². The van der Waals surface area contributed by atoms with E-state index in [1.54, 1.807) is 6.92 Å². The molecule has 1 unspecified atom stereocenters. The Balaban J connectivity index is 3.44. The Bertz CT molecular complexity index is 121. The van der Waals surface area contributed by atoms with Gasteiger partial charge < -0.3 is 5.11 Å². The molecule has 0 rings (SSSR count). The monoisotopic (exact) mass is 111 g/mol. The first-order valence-corrected chi connectivity index (χ1v) is 2.42. The van der Waals surface area contributed by atoms with Gasteiger partial charge in [-0.15, -0.1) is 0 Å². The van der Waals surface area contributed by atoms with Gasteiger partial charge in [-0.2, -0.15) is 5.26 Å². The Kier molecular flexibility index (Phi) is 2.90. The van der Waals surface area contributed by atoms with E-state index < -0.39 is 6.10 Å². The van der Waals surface area contributed by atoms with Crippen molar-refractivity contribution in [2.75, 3.05) is 0 Å². The molecule has 0 aliphatic carbocycles. The van der Waals surface area contributed by atoms with E-state index in [0.29, 0.717) is 12.0 Å². The van der Waals surface area contributed by atoms with Gasteiger partial charge in [0.1, 0.15) is 0 Å². The lowest BCUT2D eigenvalue weighted by Crippen LogP contribution is -1.98. The maximum Gasteiger partial charge on any atom is 0.0941 e. The lowest BCUT2D eigenvalue weighted by atomic mass is 10.2. The van der Waals surface area contributed by atoms with Crippen LogP contribution >= 0.6 is 0 Å². The van der Waals surface area contributed by atoms with Gasteiger partial charge in [0.25, 0.3) is 0 Å². The smallest absolute Gasteiger partial charge is 0.0941 e. The molecule has 8 heavy (non-hydrogen) atoms. The molecule has 0 aromatic carbocycles. The minimum absolute atomic E-state index is 0.385. The van der Waals surface area contributed by atoms with Gasteiger partial charge in [-0.3, -0.25) is 0 Å². The Morgan fingerprint density at radius 2 is 2.50 bits per heavy atom. The van der Waals surface area contributed by atoms with Gasteiger partial charge in [0, 0.05) is 12.0 Å². The van der Waals surface area contributed by atoms with Crippen molar-refractivity contribution in [1.29, 1.82) is 5.26 Å². The molecular weight excluding hydrogens is 102 g/mol. The number of nitrogens with zero attached hydrogens (tertiary/aromatic N) is 1. The molecule has 0 aromatic heterocycles. The average molecular weight is 111 g/mol. The zero-order valence-electron chi connectivity index (χ0n) is 4.89. The van der Waals surface area contributed by atoms with Crippen molar-refractivity contribution < 1.29 is 5.11 Å². The number of rotatable bonds is 2. The van der Waals surface area contributed by atoms with E-state index in [9.17, 15) is 0 Å². The lowest BCUT2D eigenvalue weighted by Gasteiger charge is -1.97. The van der Waals surface area contributed by atoms with Crippen molar-refractivity contribution in [1.82, 2.24) is 0 Å². The molecular formula is C6H9NO. The standard InChI is InChI=1S/C6H9NO/c1-5(4-7)3-6(2)8/h6,8H,1,3H2,2H3. The third-order valence-corrected chi connectivity index (χ3v) is 0.700. The Morgan fingerprint density at radius 3 is 2.62 bits per heavy atom. The van der Waals surface area contributed by atoms with Gasteiger partial charge >= 0.3 is 0 Å². The Hall–Kier alpha value is -0.810. The average Bonchev–Trinajstić information content (AvgIpc) is 1.65. The molecule has 2 heteroatoms. The van der Waals surface area contributed by atoms with Gasteiger partial charge in [0.15, 0.2) is 0 Å². The van der Waals surface area contributed by atoms with Crippen LogP contribution in [0.15, 0.2) is 12.2 Å². The molecule has 0 spiro atoms. The number of nitriles is 1. The maximum absolute atomic E-state index is 8.64. The molecule has 0 bridgehead atoms. The summed E-state index contributed by atoms with van der Waals surface area (Å²) in [5.74, 6) is 0. The van der Waals surface area contributed by atoms with Crippen LogP contribution < -0.4 is 0 Å². The topological polar surface area (TPSA) is 44.0 Å². The summed E-state index contributed by atoms with van der Waals surface area (Å²) in [6, 6.07) is 1.84. The van der Waals surface area contributed by atoms with E-state index in [1.165, 1.54) is 0 Å². The quantitative estimate of drug-likeness (QED) is 0.536. The van der Waals surface area contributed by atoms with Crippen LogP contribution in [-0.2, 0) is 0 Å². The van der Waals surface area contributed by atoms with Crippen molar-refractivity contribution in [3.05, 3.63) is 12.2 Å². The van der Waals surface area contributed by atoms with E-state index in [4.69, 9.17) is 10.4 Å². The summed E-state index contributed by atoms with van der Waals surface area (Å²) in [6.07, 6.45) is -0.0570. The fraction of sp³-hybridized carbons (Fsp3) is 0.500. The second kappa shape index (κ2) is 3.23. The van der Waals surface area contributed by atoms with Crippen molar-refractivity contribution in [2.45, 2.75) is 19.4 Å². The van der Waals surface area contributed by atoms with Crippen molar-refractivity contribution in [2.24, 2.45) is 0 Å². The fourth-order valence-electron chi connectivity index (χ4n) is 0.402. The predicted octanol–water partition coefficient (Wildman–Crippen LogP) is 0.837. The SMILES string of the molecule is C=C(C#N)CC(C)O.